The average molecular weight is 646 g/mol. The number of piperidine rings is 1. The van der Waals surface area contributed by atoms with Crippen molar-refractivity contribution in [3.63, 3.8) is 0 Å². The van der Waals surface area contributed by atoms with E-state index in [2.05, 4.69) is 21.1 Å². The molecule has 0 bridgehead atoms. The number of aryl methyl sites for hydroxylation is 1. The number of benzene rings is 2. The summed E-state index contributed by atoms with van der Waals surface area (Å²) in [6, 6.07) is 23.4. The third-order valence-corrected chi connectivity index (χ3v) is 9.88. The minimum Gasteiger partial charge on any atom is -0.492 e. The number of nitriles is 1. The number of para-hydroxylation sites is 1. The first-order chi connectivity index (χ1) is 23.4. The van der Waals surface area contributed by atoms with Crippen LogP contribution >= 0.6 is 0 Å². The van der Waals surface area contributed by atoms with Gasteiger partial charge in [0.2, 0.25) is 0 Å². The van der Waals surface area contributed by atoms with E-state index in [4.69, 9.17) is 4.74 Å². The predicted octanol–water partition coefficient (Wildman–Crippen LogP) is 5.72. The highest BCUT2D eigenvalue weighted by Crippen LogP contribution is 2.38. The van der Waals surface area contributed by atoms with Crippen LogP contribution in [0.1, 0.15) is 70.1 Å². The number of pyridine rings is 1. The van der Waals surface area contributed by atoms with Crippen LogP contribution in [0.5, 0.6) is 5.75 Å². The van der Waals surface area contributed by atoms with Crippen molar-refractivity contribution < 1.29 is 14.3 Å². The van der Waals surface area contributed by atoms with Gasteiger partial charge in [-0.05, 0) is 69.4 Å². The third-order valence-electron chi connectivity index (χ3n) is 9.88. The molecule has 10 heteroatoms. The molecule has 0 unspecified atom stereocenters. The van der Waals surface area contributed by atoms with E-state index in [1.54, 1.807) is 18.5 Å². The molecule has 1 spiro atoms. The van der Waals surface area contributed by atoms with Gasteiger partial charge in [0.1, 0.15) is 17.6 Å². The highest BCUT2D eigenvalue weighted by Gasteiger charge is 2.38. The van der Waals surface area contributed by atoms with E-state index in [0.29, 0.717) is 61.8 Å². The highest BCUT2D eigenvalue weighted by molar-refractivity contribution is 5.97. The zero-order chi connectivity index (χ0) is 33.5. The molecule has 2 aliphatic rings. The topological polar surface area (TPSA) is 108 Å². The van der Waals surface area contributed by atoms with E-state index in [-0.39, 0.29) is 17.2 Å². The number of likely N-dealkylation sites (tertiary alicyclic amines) is 1. The van der Waals surface area contributed by atoms with Crippen LogP contribution < -0.4 is 9.64 Å². The second-order valence-corrected chi connectivity index (χ2v) is 12.9. The maximum absolute atomic E-state index is 14.3. The summed E-state index contributed by atoms with van der Waals surface area (Å²) in [4.78, 5) is 38.5. The Morgan fingerprint density at radius 3 is 2.42 bits per heavy atom. The van der Waals surface area contributed by atoms with E-state index in [9.17, 15) is 14.9 Å². The van der Waals surface area contributed by atoms with E-state index < -0.39 is 0 Å². The molecule has 2 aliphatic heterocycles. The second kappa shape index (κ2) is 14.7. The van der Waals surface area contributed by atoms with Crippen molar-refractivity contribution in [3.05, 3.63) is 107 Å². The first-order valence-corrected chi connectivity index (χ1v) is 16.9. The molecule has 0 saturated carbocycles. The summed E-state index contributed by atoms with van der Waals surface area (Å²) in [6.07, 6.45) is 6.67. The lowest BCUT2D eigenvalue weighted by Gasteiger charge is -2.42. The Kier molecular flexibility index (Phi) is 10.0. The van der Waals surface area contributed by atoms with E-state index in [0.717, 1.165) is 55.8 Å². The van der Waals surface area contributed by atoms with Gasteiger partial charge in [-0.2, -0.15) is 10.4 Å². The predicted molar refractivity (Wildman–Crippen MR) is 184 cm³/mol. The van der Waals surface area contributed by atoms with E-state index >= 15 is 0 Å². The molecule has 1 fully saturated rings. The molecule has 0 atom stereocenters. The fourth-order valence-corrected chi connectivity index (χ4v) is 6.89. The first-order valence-electron chi connectivity index (χ1n) is 16.9. The minimum absolute atomic E-state index is 0.0279. The summed E-state index contributed by atoms with van der Waals surface area (Å²) in [5.41, 5.74) is 3.49. The van der Waals surface area contributed by atoms with Crippen LogP contribution in [0, 0.1) is 23.7 Å². The Labute approximate surface area is 282 Å². The molecule has 2 amide bonds. The van der Waals surface area contributed by atoms with Crippen molar-refractivity contribution in [2.45, 2.75) is 52.6 Å². The summed E-state index contributed by atoms with van der Waals surface area (Å²) in [6.45, 7) is 8.69. The number of nitrogens with zero attached hydrogens (tertiary/aromatic N) is 7. The molecule has 4 heterocycles. The Hall–Kier alpha value is -5.17. The lowest BCUT2D eigenvalue weighted by molar-refractivity contribution is 0.0363. The lowest BCUT2D eigenvalue weighted by Crippen LogP contribution is -2.46. The quantitative estimate of drug-likeness (QED) is 0.273. The SMILES string of the molecule is CCn1ncc(C(=O)N2CCC3(CCCN(c4ccc(C#N)cn4)CCN(Cc4ccccc4)C(=O)c4ccccc4OC3)CC2)c1C. The molecule has 48 heavy (non-hydrogen) atoms. The monoisotopic (exact) mass is 645 g/mol. The zero-order valence-corrected chi connectivity index (χ0v) is 27.8. The van der Waals surface area contributed by atoms with Crippen LogP contribution in [0.4, 0.5) is 5.82 Å². The van der Waals surface area contributed by atoms with Crippen LogP contribution in [0.2, 0.25) is 0 Å². The largest absolute Gasteiger partial charge is 0.492 e. The number of rotatable bonds is 5. The van der Waals surface area contributed by atoms with Gasteiger partial charge in [-0.1, -0.05) is 42.5 Å². The maximum atomic E-state index is 14.3. The van der Waals surface area contributed by atoms with Gasteiger partial charge >= 0.3 is 0 Å². The number of anilines is 1. The van der Waals surface area contributed by atoms with Crippen molar-refractivity contribution in [3.8, 4) is 11.8 Å². The van der Waals surface area contributed by atoms with Gasteiger partial charge in [-0.15, -0.1) is 0 Å². The first kappa shape index (κ1) is 32.8. The van der Waals surface area contributed by atoms with E-state index in [1.807, 2.05) is 89.0 Å². The van der Waals surface area contributed by atoms with Gasteiger partial charge in [0.15, 0.2) is 0 Å². The Bertz CT molecular complexity index is 1760. The van der Waals surface area contributed by atoms with Crippen LogP contribution in [-0.4, -0.2) is 75.7 Å². The normalized spacial score (nSPS) is 17.0. The molecule has 6 rings (SSSR count). The molecule has 1 saturated heterocycles. The summed E-state index contributed by atoms with van der Waals surface area (Å²) in [5.74, 6) is 1.31. The number of amides is 2. The molecule has 0 aliphatic carbocycles. The summed E-state index contributed by atoms with van der Waals surface area (Å²) < 4.78 is 8.45. The summed E-state index contributed by atoms with van der Waals surface area (Å²) in [7, 11) is 0. The standard InChI is InChI=1S/C38H43N7O3/c1-3-45-29(2)33(26-41-45)37(47)43-20-17-38(18-21-43)16-9-19-42(35-15-14-31(24-39)25-40-35)22-23-44(27-30-10-5-4-6-11-30)36(46)32-12-7-8-13-34(32)48-28-38/h4-8,10-15,25-26H,3,9,16-23,27-28H2,1-2H3. The molecule has 4 aromatic rings. The molecule has 0 N–H and O–H groups in total. The van der Waals surface area contributed by atoms with Crippen LogP contribution in [0.25, 0.3) is 0 Å². The molecular formula is C38H43N7O3. The van der Waals surface area contributed by atoms with Gasteiger partial charge in [-0.25, -0.2) is 4.98 Å². The number of fused-ring (bicyclic) bond motifs is 1. The van der Waals surface area contributed by atoms with Gasteiger partial charge in [0, 0.05) is 63.1 Å². The number of carbonyl (C=O) groups is 2. The van der Waals surface area contributed by atoms with Gasteiger partial charge in [-0.3, -0.25) is 14.3 Å². The Morgan fingerprint density at radius 1 is 0.938 bits per heavy atom. The van der Waals surface area contributed by atoms with Gasteiger partial charge in [0.25, 0.3) is 11.8 Å². The Morgan fingerprint density at radius 2 is 1.71 bits per heavy atom. The summed E-state index contributed by atoms with van der Waals surface area (Å²) in [5, 5.41) is 13.7. The number of carbonyl (C=O) groups excluding carboxylic acids is 2. The molecule has 10 nitrogen and oxygen atoms in total. The lowest BCUT2D eigenvalue weighted by atomic mass is 9.75. The summed E-state index contributed by atoms with van der Waals surface area (Å²) >= 11 is 0. The van der Waals surface area contributed by atoms with Crippen molar-refractivity contribution in [2.75, 3.05) is 44.2 Å². The average Bonchev–Trinajstić information content (AvgIpc) is 3.51. The van der Waals surface area contributed by atoms with Crippen LogP contribution in [0.15, 0.2) is 79.1 Å². The van der Waals surface area contributed by atoms with Crippen molar-refractivity contribution in [1.82, 2.24) is 24.6 Å². The third kappa shape index (κ3) is 7.20. The van der Waals surface area contributed by atoms with Gasteiger partial charge < -0.3 is 19.4 Å². The minimum atomic E-state index is -0.170. The molecule has 0 radical (unpaired) electrons. The van der Waals surface area contributed by atoms with Crippen LogP contribution in [-0.2, 0) is 13.1 Å². The second-order valence-electron chi connectivity index (χ2n) is 12.9. The fourth-order valence-electron chi connectivity index (χ4n) is 6.89. The highest BCUT2D eigenvalue weighted by atomic mass is 16.5. The molecule has 2 aromatic carbocycles. The van der Waals surface area contributed by atoms with Crippen LogP contribution in [0.3, 0.4) is 0 Å². The number of ether oxygens (including phenoxy) is 1. The number of hydrogen-bond donors (Lipinski definition) is 0. The Balaban J connectivity index is 1.28. The zero-order valence-electron chi connectivity index (χ0n) is 27.8. The van der Waals surface area contributed by atoms with Crippen molar-refractivity contribution in [1.29, 1.82) is 5.26 Å². The molecular weight excluding hydrogens is 602 g/mol. The fraction of sp³-hybridized carbons (Fsp3) is 0.395. The molecule has 2 aromatic heterocycles. The number of aromatic nitrogens is 3. The van der Waals surface area contributed by atoms with E-state index in [1.165, 1.54) is 0 Å². The maximum Gasteiger partial charge on any atom is 0.257 e. The molecule has 248 valence electrons. The van der Waals surface area contributed by atoms with Crippen molar-refractivity contribution in [2.24, 2.45) is 5.41 Å². The number of hydrogen-bond acceptors (Lipinski definition) is 7. The smallest absolute Gasteiger partial charge is 0.257 e. The van der Waals surface area contributed by atoms with Crippen molar-refractivity contribution >= 4 is 17.6 Å². The van der Waals surface area contributed by atoms with Gasteiger partial charge in [0.05, 0.1) is 29.5 Å².